The summed E-state index contributed by atoms with van der Waals surface area (Å²) in [6, 6.07) is 6.82. The van der Waals surface area contributed by atoms with Crippen LogP contribution in [0, 0.1) is 0 Å². The van der Waals surface area contributed by atoms with Crippen LogP contribution in [0.1, 0.15) is 30.6 Å². The summed E-state index contributed by atoms with van der Waals surface area (Å²) >= 11 is 0. The Morgan fingerprint density at radius 1 is 1.25 bits per heavy atom. The van der Waals surface area contributed by atoms with Crippen LogP contribution < -0.4 is 4.90 Å². The van der Waals surface area contributed by atoms with Gasteiger partial charge in [-0.3, -0.25) is 4.79 Å². The molecule has 0 aromatic heterocycles. The fourth-order valence-electron chi connectivity index (χ4n) is 1.90. The first-order chi connectivity index (χ1) is 9.41. The lowest BCUT2D eigenvalue weighted by Crippen LogP contribution is -2.47. The van der Waals surface area contributed by atoms with Gasteiger partial charge in [0.2, 0.25) is 0 Å². The Balaban J connectivity index is 3.19. The molecule has 1 aromatic carbocycles. The van der Waals surface area contributed by atoms with Crippen molar-refractivity contribution in [1.29, 1.82) is 0 Å². The van der Waals surface area contributed by atoms with Crippen LogP contribution in [0.4, 0.5) is 5.69 Å². The molecule has 0 saturated carbocycles. The quantitative estimate of drug-likeness (QED) is 0.776. The standard InChI is InChI=1S/C15H21NO4/c1-6-15(2,20-5)14(18)16(3)12-10-8-7-9-11(12)13(17)19-4/h7-10H,6H2,1-5H3. The van der Waals surface area contributed by atoms with Crippen molar-refractivity contribution in [2.24, 2.45) is 0 Å². The molecule has 20 heavy (non-hydrogen) atoms. The Labute approximate surface area is 119 Å². The second kappa shape index (κ2) is 6.52. The van der Waals surface area contributed by atoms with Gasteiger partial charge < -0.3 is 14.4 Å². The van der Waals surface area contributed by atoms with E-state index in [0.29, 0.717) is 17.7 Å². The average Bonchev–Trinajstić information content (AvgIpc) is 2.51. The normalized spacial score (nSPS) is 13.4. The number of rotatable bonds is 5. The van der Waals surface area contributed by atoms with Crippen LogP contribution in [0.25, 0.3) is 0 Å². The van der Waals surface area contributed by atoms with Gasteiger partial charge in [0.1, 0.15) is 5.60 Å². The molecule has 0 fully saturated rings. The van der Waals surface area contributed by atoms with Gasteiger partial charge in [-0.15, -0.1) is 0 Å². The topological polar surface area (TPSA) is 55.8 Å². The minimum absolute atomic E-state index is 0.209. The van der Waals surface area contributed by atoms with Crippen molar-refractivity contribution >= 4 is 17.6 Å². The average molecular weight is 279 g/mol. The summed E-state index contributed by atoms with van der Waals surface area (Å²) in [7, 11) is 4.44. The molecule has 1 unspecified atom stereocenters. The molecule has 1 amide bonds. The molecule has 5 heteroatoms. The molecule has 110 valence electrons. The lowest BCUT2D eigenvalue weighted by Gasteiger charge is -2.31. The minimum atomic E-state index is -0.919. The summed E-state index contributed by atoms with van der Waals surface area (Å²) < 4.78 is 10.0. The molecule has 0 aliphatic carbocycles. The second-order valence-corrected chi connectivity index (χ2v) is 4.66. The summed E-state index contributed by atoms with van der Waals surface area (Å²) in [4.78, 5) is 25.7. The number of carbonyl (C=O) groups is 2. The molecule has 0 radical (unpaired) electrons. The lowest BCUT2D eigenvalue weighted by molar-refractivity contribution is -0.138. The van der Waals surface area contributed by atoms with E-state index < -0.39 is 11.6 Å². The highest BCUT2D eigenvalue weighted by molar-refractivity contribution is 6.04. The molecule has 0 saturated heterocycles. The van der Waals surface area contributed by atoms with E-state index in [1.165, 1.54) is 19.1 Å². The number of para-hydroxylation sites is 1. The van der Waals surface area contributed by atoms with Crippen molar-refractivity contribution < 1.29 is 19.1 Å². The summed E-state index contributed by atoms with van der Waals surface area (Å²) in [5.74, 6) is -0.685. The number of amides is 1. The largest absolute Gasteiger partial charge is 0.465 e. The Bertz CT molecular complexity index is 494. The number of anilines is 1. The van der Waals surface area contributed by atoms with E-state index in [1.54, 1.807) is 38.2 Å². The van der Waals surface area contributed by atoms with Gasteiger partial charge in [0, 0.05) is 14.2 Å². The fourth-order valence-corrected chi connectivity index (χ4v) is 1.90. The van der Waals surface area contributed by atoms with Gasteiger partial charge >= 0.3 is 5.97 Å². The van der Waals surface area contributed by atoms with E-state index in [-0.39, 0.29) is 5.91 Å². The first-order valence-electron chi connectivity index (χ1n) is 6.42. The molecular formula is C15H21NO4. The zero-order valence-electron chi connectivity index (χ0n) is 12.6. The zero-order valence-corrected chi connectivity index (χ0v) is 12.6. The highest BCUT2D eigenvalue weighted by Gasteiger charge is 2.35. The number of likely N-dealkylation sites (N-methyl/N-ethyl adjacent to an activating group) is 1. The van der Waals surface area contributed by atoms with E-state index in [0.717, 1.165) is 0 Å². The predicted molar refractivity (Wildman–Crippen MR) is 76.9 cm³/mol. The SMILES string of the molecule is CCC(C)(OC)C(=O)N(C)c1ccccc1C(=O)OC. The Kier molecular flexibility index (Phi) is 5.27. The van der Waals surface area contributed by atoms with Crippen molar-refractivity contribution in [2.45, 2.75) is 25.9 Å². The summed E-state index contributed by atoms with van der Waals surface area (Å²) in [5.41, 5.74) is -0.0701. The van der Waals surface area contributed by atoms with Gasteiger partial charge in [-0.2, -0.15) is 0 Å². The van der Waals surface area contributed by atoms with Crippen LogP contribution in [-0.4, -0.2) is 38.7 Å². The van der Waals surface area contributed by atoms with Gasteiger partial charge in [-0.25, -0.2) is 4.79 Å². The first kappa shape index (κ1) is 16.2. The molecule has 5 nitrogen and oxygen atoms in total. The molecule has 0 heterocycles. The first-order valence-corrected chi connectivity index (χ1v) is 6.42. The molecule has 0 N–H and O–H groups in total. The highest BCUT2D eigenvalue weighted by Crippen LogP contribution is 2.25. The third kappa shape index (κ3) is 2.99. The smallest absolute Gasteiger partial charge is 0.339 e. The molecule has 0 bridgehead atoms. The molecule has 0 aliphatic heterocycles. The van der Waals surface area contributed by atoms with Crippen LogP contribution in [0.3, 0.4) is 0 Å². The molecule has 0 spiro atoms. The molecule has 1 rings (SSSR count). The van der Waals surface area contributed by atoms with Gasteiger partial charge in [-0.1, -0.05) is 19.1 Å². The lowest BCUT2D eigenvalue weighted by atomic mass is 10.0. The van der Waals surface area contributed by atoms with E-state index in [4.69, 9.17) is 9.47 Å². The van der Waals surface area contributed by atoms with Gasteiger partial charge in [0.25, 0.3) is 5.91 Å². The van der Waals surface area contributed by atoms with Crippen LogP contribution in [0.5, 0.6) is 0 Å². The number of benzene rings is 1. The van der Waals surface area contributed by atoms with Crippen molar-refractivity contribution in [3.8, 4) is 0 Å². The monoisotopic (exact) mass is 279 g/mol. The minimum Gasteiger partial charge on any atom is -0.465 e. The van der Waals surface area contributed by atoms with Gasteiger partial charge in [0.15, 0.2) is 0 Å². The maximum atomic E-state index is 12.5. The number of ether oxygens (including phenoxy) is 2. The number of nitrogens with zero attached hydrogens (tertiary/aromatic N) is 1. The third-order valence-electron chi connectivity index (χ3n) is 3.55. The number of hydrogen-bond acceptors (Lipinski definition) is 4. The maximum absolute atomic E-state index is 12.5. The number of methoxy groups -OCH3 is 2. The number of carbonyl (C=O) groups excluding carboxylic acids is 2. The number of hydrogen-bond donors (Lipinski definition) is 0. The van der Waals surface area contributed by atoms with Crippen molar-refractivity contribution in [2.75, 3.05) is 26.2 Å². The predicted octanol–water partition coefficient (Wildman–Crippen LogP) is 2.25. The fraction of sp³-hybridized carbons (Fsp3) is 0.467. The van der Waals surface area contributed by atoms with E-state index in [2.05, 4.69) is 0 Å². The van der Waals surface area contributed by atoms with Crippen LogP contribution in [0.15, 0.2) is 24.3 Å². The molecule has 1 aromatic rings. The van der Waals surface area contributed by atoms with Crippen molar-refractivity contribution in [3.05, 3.63) is 29.8 Å². The van der Waals surface area contributed by atoms with Crippen LogP contribution in [-0.2, 0) is 14.3 Å². The summed E-state index contributed by atoms with van der Waals surface area (Å²) in [5, 5.41) is 0. The van der Waals surface area contributed by atoms with E-state index in [9.17, 15) is 9.59 Å². The van der Waals surface area contributed by atoms with Gasteiger partial charge in [0.05, 0.1) is 18.4 Å². The number of esters is 1. The Morgan fingerprint density at radius 3 is 2.35 bits per heavy atom. The molecule has 0 aliphatic rings. The highest BCUT2D eigenvalue weighted by atomic mass is 16.5. The summed E-state index contributed by atoms with van der Waals surface area (Å²) in [6.07, 6.45) is 0.535. The second-order valence-electron chi connectivity index (χ2n) is 4.66. The van der Waals surface area contributed by atoms with Gasteiger partial charge in [-0.05, 0) is 25.5 Å². The Morgan fingerprint density at radius 2 is 1.85 bits per heavy atom. The van der Waals surface area contributed by atoms with E-state index in [1.807, 2.05) is 6.92 Å². The third-order valence-corrected chi connectivity index (χ3v) is 3.55. The Hall–Kier alpha value is -1.88. The van der Waals surface area contributed by atoms with Crippen molar-refractivity contribution in [3.63, 3.8) is 0 Å². The van der Waals surface area contributed by atoms with Crippen LogP contribution in [0.2, 0.25) is 0 Å². The zero-order chi connectivity index (χ0) is 15.3. The molecular weight excluding hydrogens is 258 g/mol. The maximum Gasteiger partial charge on any atom is 0.339 e. The summed E-state index contributed by atoms with van der Waals surface area (Å²) in [6.45, 7) is 3.61. The van der Waals surface area contributed by atoms with Crippen LogP contribution >= 0.6 is 0 Å². The van der Waals surface area contributed by atoms with E-state index >= 15 is 0 Å². The molecule has 1 atom stereocenters. The van der Waals surface area contributed by atoms with Crippen molar-refractivity contribution in [1.82, 2.24) is 0 Å².